The molecule has 1 aliphatic rings. The molecule has 2 aromatic carbocycles. The Bertz CT molecular complexity index is 1040. The Balaban J connectivity index is 1.91. The Hall–Kier alpha value is -4.02. The number of nitro benzene ring substituents is 2. The molecule has 2 amide bonds. The van der Waals surface area contributed by atoms with Crippen molar-refractivity contribution in [2.45, 2.75) is 32.8 Å². The van der Waals surface area contributed by atoms with E-state index in [-0.39, 0.29) is 11.5 Å². The normalized spacial score (nSPS) is 15.1. The van der Waals surface area contributed by atoms with Gasteiger partial charge >= 0.3 is 0 Å². The Morgan fingerprint density at radius 2 is 1.77 bits per heavy atom. The molecule has 0 bridgehead atoms. The highest BCUT2D eigenvalue weighted by Crippen LogP contribution is 2.36. The number of benzene rings is 2. The van der Waals surface area contributed by atoms with Crippen LogP contribution in [0.1, 0.15) is 37.0 Å². The van der Waals surface area contributed by atoms with Crippen LogP contribution in [0.15, 0.2) is 36.4 Å². The Kier molecular flexibility index (Phi) is 6.14. The molecule has 11 heteroatoms. The van der Waals surface area contributed by atoms with Crippen LogP contribution in [-0.4, -0.2) is 34.3 Å². The molecular formula is C20H20N4O7. The molecule has 1 unspecified atom stereocenters. The maximum Gasteiger partial charge on any atom is 0.277 e. The fraction of sp³-hybridized carbons (Fsp3) is 0.300. The molecule has 1 N–H and O–H groups in total. The van der Waals surface area contributed by atoms with Crippen LogP contribution in [0.2, 0.25) is 0 Å². The van der Waals surface area contributed by atoms with Crippen molar-refractivity contribution in [2.24, 2.45) is 0 Å². The molecule has 0 fully saturated rings. The lowest BCUT2D eigenvalue weighted by Crippen LogP contribution is -2.44. The number of ether oxygens (including phenoxy) is 1. The van der Waals surface area contributed by atoms with Gasteiger partial charge in [-0.2, -0.15) is 0 Å². The van der Waals surface area contributed by atoms with Crippen LogP contribution in [0, 0.1) is 20.2 Å². The largest absolute Gasteiger partial charge is 0.479 e. The quantitative estimate of drug-likeness (QED) is 0.523. The first-order valence-corrected chi connectivity index (χ1v) is 9.58. The summed E-state index contributed by atoms with van der Waals surface area (Å²) < 4.78 is 5.63. The average molecular weight is 428 g/mol. The molecule has 0 saturated heterocycles. The summed E-state index contributed by atoms with van der Waals surface area (Å²) in [6, 6.07) is 7.45. The lowest BCUT2D eigenvalue weighted by Gasteiger charge is -2.33. The lowest BCUT2D eigenvalue weighted by molar-refractivity contribution is -0.394. The van der Waals surface area contributed by atoms with E-state index >= 15 is 0 Å². The first-order valence-electron chi connectivity index (χ1n) is 9.58. The van der Waals surface area contributed by atoms with Gasteiger partial charge in [-0.15, -0.1) is 0 Å². The summed E-state index contributed by atoms with van der Waals surface area (Å²) in [5, 5.41) is 24.7. The number of hydrogen-bond donors (Lipinski definition) is 1. The maximum atomic E-state index is 12.6. The minimum absolute atomic E-state index is 0.196. The second kappa shape index (κ2) is 8.78. The zero-order chi connectivity index (χ0) is 22.7. The van der Waals surface area contributed by atoms with E-state index < -0.39 is 33.2 Å². The van der Waals surface area contributed by atoms with Crippen molar-refractivity contribution in [2.75, 3.05) is 16.8 Å². The molecule has 1 heterocycles. The molecule has 3 rings (SSSR count). The molecule has 2 aromatic rings. The fourth-order valence-electron chi connectivity index (χ4n) is 3.17. The van der Waals surface area contributed by atoms with Gasteiger partial charge in [0.1, 0.15) is 5.75 Å². The topological polar surface area (TPSA) is 145 Å². The monoisotopic (exact) mass is 428 g/mol. The van der Waals surface area contributed by atoms with Gasteiger partial charge in [-0.1, -0.05) is 13.3 Å². The standard InChI is InChI=1S/C20H20N4O7/c1-3-4-7-22-17-10-14(5-6-18(17)31-12(2)20(22)26)21-19(25)13-8-15(23(27)28)11-16(9-13)24(29)30/h5-6,8-12H,3-4,7H2,1-2H3,(H,21,25). The van der Waals surface area contributed by atoms with E-state index in [9.17, 15) is 29.8 Å². The Labute approximate surface area is 176 Å². The van der Waals surface area contributed by atoms with Crippen molar-refractivity contribution in [1.82, 2.24) is 0 Å². The van der Waals surface area contributed by atoms with Crippen LogP contribution in [0.5, 0.6) is 5.75 Å². The number of carbonyl (C=O) groups is 2. The van der Waals surface area contributed by atoms with Crippen molar-refractivity contribution >= 4 is 34.6 Å². The van der Waals surface area contributed by atoms with Crippen molar-refractivity contribution in [1.29, 1.82) is 0 Å². The number of non-ortho nitro benzene ring substituents is 2. The number of nitro groups is 2. The number of nitrogens with one attached hydrogen (secondary N) is 1. The van der Waals surface area contributed by atoms with E-state index in [1.54, 1.807) is 30.0 Å². The summed E-state index contributed by atoms with van der Waals surface area (Å²) in [7, 11) is 0. The first kappa shape index (κ1) is 21.7. The van der Waals surface area contributed by atoms with Gasteiger partial charge in [0, 0.05) is 24.4 Å². The predicted octanol–water partition coefficient (Wildman–Crippen LogP) is 3.67. The summed E-state index contributed by atoms with van der Waals surface area (Å²) >= 11 is 0. The average Bonchev–Trinajstić information content (AvgIpc) is 2.74. The van der Waals surface area contributed by atoms with E-state index in [1.807, 2.05) is 6.92 Å². The van der Waals surface area contributed by atoms with Crippen molar-refractivity contribution in [3.8, 4) is 5.75 Å². The minimum atomic E-state index is -0.807. The van der Waals surface area contributed by atoms with Crippen LogP contribution >= 0.6 is 0 Å². The van der Waals surface area contributed by atoms with E-state index in [4.69, 9.17) is 4.74 Å². The highest BCUT2D eigenvalue weighted by atomic mass is 16.6. The molecule has 0 spiro atoms. The highest BCUT2D eigenvalue weighted by molar-refractivity contribution is 6.06. The van der Waals surface area contributed by atoms with E-state index in [0.29, 0.717) is 23.7 Å². The van der Waals surface area contributed by atoms with Crippen LogP contribution in [0.3, 0.4) is 0 Å². The van der Waals surface area contributed by atoms with Gasteiger partial charge in [0.25, 0.3) is 23.2 Å². The van der Waals surface area contributed by atoms with Gasteiger partial charge in [0.15, 0.2) is 6.10 Å². The summed E-state index contributed by atoms with van der Waals surface area (Å²) in [6.07, 6.45) is 1.04. The van der Waals surface area contributed by atoms with Crippen molar-refractivity contribution in [3.63, 3.8) is 0 Å². The molecule has 0 radical (unpaired) electrons. The van der Waals surface area contributed by atoms with Gasteiger partial charge < -0.3 is 15.0 Å². The third-order valence-electron chi connectivity index (χ3n) is 4.75. The second-order valence-electron chi connectivity index (χ2n) is 6.99. The van der Waals surface area contributed by atoms with E-state index in [1.165, 1.54) is 0 Å². The van der Waals surface area contributed by atoms with Gasteiger partial charge in [-0.25, -0.2) is 0 Å². The fourth-order valence-corrected chi connectivity index (χ4v) is 3.17. The number of unbranched alkanes of at least 4 members (excludes halogenated alkanes) is 1. The van der Waals surface area contributed by atoms with E-state index in [0.717, 1.165) is 31.0 Å². The Morgan fingerprint density at radius 3 is 2.35 bits per heavy atom. The van der Waals surface area contributed by atoms with Gasteiger partial charge in [0.05, 0.1) is 27.2 Å². The van der Waals surface area contributed by atoms with Gasteiger partial charge in [-0.05, 0) is 31.5 Å². The second-order valence-corrected chi connectivity index (χ2v) is 6.99. The Morgan fingerprint density at radius 1 is 1.13 bits per heavy atom. The number of fused-ring (bicyclic) bond motifs is 1. The highest BCUT2D eigenvalue weighted by Gasteiger charge is 2.31. The molecular weight excluding hydrogens is 408 g/mol. The van der Waals surface area contributed by atoms with Crippen molar-refractivity contribution in [3.05, 3.63) is 62.2 Å². The van der Waals surface area contributed by atoms with Gasteiger partial charge in [0.2, 0.25) is 0 Å². The van der Waals surface area contributed by atoms with Gasteiger partial charge in [-0.3, -0.25) is 29.8 Å². The maximum absolute atomic E-state index is 12.6. The summed E-state index contributed by atoms with van der Waals surface area (Å²) in [5.41, 5.74) is -0.556. The van der Waals surface area contributed by atoms with Crippen molar-refractivity contribution < 1.29 is 24.2 Å². The predicted molar refractivity (Wildman–Crippen MR) is 111 cm³/mol. The molecule has 1 atom stereocenters. The molecule has 162 valence electrons. The number of hydrogen-bond acceptors (Lipinski definition) is 7. The lowest BCUT2D eigenvalue weighted by atomic mass is 10.1. The summed E-state index contributed by atoms with van der Waals surface area (Å²) in [6.45, 7) is 4.16. The molecule has 0 aromatic heterocycles. The number of rotatable bonds is 7. The molecule has 0 saturated carbocycles. The van der Waals surface area contributed by atoms with Crippen LogP contribution in [0.25, 0.3) is 0 Å². The molecule has 0 aliphatic carbocycles. The molecule has 31 heavy (non-hydrogen) atoms. The number of nitrogens with zero attached hydrogens (tertiary/aromatic N) is 3. The first-order chi connectivity index (χ1) is 14.7. The summed E-state index contributed by atoms with van der Waals surface area (Å²) in [5.74, 6) is -0.464. The zero-order valence-electron chi connectivity index (χ0n) is 16.9. The number of anilines is 2. The smallest absolute Gasteiger partial charge is 0.277 e. The van der Waals surface area contributed by atoms with Crippen LogP contribution in [0.4, 0.5) is 22.7 Å². The van der Waals surface area contributed by atoms with E-state index in [2.05, 4.69) is 5.32 Å². The molecule has 1 aliphatic heterocycles. The van der Waals surface area contributed by atoms with Crippen LogP contribution < -0.4 is 15.0 Å². The third kappa shape index (κ3) is 4.60. The number of carbonyl (C=O) groups excluding carboxylic acids is 2. The summed E-state index contributed by atoms with van der Waals surface area (Å²) in [4.78, 5) is 47.3. The number of amides is 2. The minimum Gasteiger partial charge on any atom is -0.479 e. The zero-order valence-corrected chi connectivity index (χ0v) is 16.9. The third-order valence-corrected chi connectivity index (χ3v) is 4.75. The molecule has 11 nitrogen and oxygen atoms in total. The van der Waals surface area contributed by atoms with Crippen LogP contribution in [-0.2, 0) is 4.79 Å². The SMILES string of the molecule is CCCCN1C(=O)C(C)Oc2ccc(NC(=O)c3cc([N+](=O)[O-])cc([N+](=O)[O-])c3)cc21.